The zero-order chi connectivity index (χ0) is 28.5. The fraction of sp³-hybridized carbons (Fsp3) is 0.750. The van der Waals surface area contributed by atoms with Gasteiger partial charge in [0.25, 0.3) is 5.91 Å². The summed E-state index contributed by atoms with van der Waals surface area (Å²) < 4.78 is 11.3. The monoisotopic (exact) mass is 546 g/mol. The number of aliphatic hydroxyl groups excluding tert-OH is 1. The molecule has 7 heteroatoms. The molecule has 1 aliphatic rings. The van der Waals surface area contributed by atoms with Crippen LogP contribution in [0, 0.1) is 0 Å². The Labute approximate surface area is 237 Å². The highest BCUT2D eigenvalue weighted by atomic mass is 16.6. The van der Waals surface area contributed by atoms with Crippen molar-refractivity contribution in [2.75, 3.05) is 32.8 Å². The summed E-state index contributed by atoms with van der Waals surface area (Å²) in [6, 6.07) is 7.72. The first-order chi connectivity index (χ1) is 18.7. The molecular weight excluding hydrogens is 492 g/mol. The number of likely N-dealkylation sites (tertiary alicyclic amines) is 1. The third kappa shape index (κ3) is 13.7. The van der Waals surface area contributed by atoms with E-state index < -0.39 is 11.7 Å². The van der Waals surface area contributed by atoms with Gasteiger partial charge >= 0.3 is 6.09 Å². The van der Waals surface area contributed by atoms with Crippen molar-refractivity contribution in [3.8, 4) is 0 Å². The first kappa shape index (κ1) is 33.1. The molecular formula is C32H54N2O5. The highest BCUT2D eigenvalue weighted by Gasteiger charge is 2.27. The lowest BCUT2D eigenvalue weighted by atomic mass is 9.88. The van der Waals surface area contributed by atoms with Crippen molar-refractivity contribution < 1.29 is 24.2 Å². The van der Waals surface area contributed by atoms with Gasteiger partial charge in [-0.05, 0) is 63.6 Å². The van der Waals surface area contributed by atoms with Crippen LogP contribution in [0.15, 0.2) is 24.3 Å². The first-order valence-electron chi connectivity index (χ1n) is 15.3. The fourth-order valence-electron chi connectivity index (χ4n) is 4.98. The van der Waals surface area contributed by atoms with Gasteiger partial charge in [-0.2, -0.15) is 0 Å². The Hall–Kier alpha value is -2.12. The van der Waals surface area contributed by atoms with E-state index in [1.165, 1.54) is 51.4 Å². The van der Waals surface area contributed by atoms with Crippen LogP contribution >= 0.6 is 0 Å². The summed E-state index contributed by atoms with van der Waals surface area (Å²) in [7, 11) is 0. The number of piperidine rings is 1. The fourth-order valence-corrected chi connectivity index (χ4v) is 4.98. The van der Waals surface area contributed by atoms with E-state index in [2.05, 4.69) is 18.3 Å². The van der Waals surface area contributed by atoms with E-state index in [0.29, 0.717) is 31.2 Å². The highest BCUT2D eigenvalue weighted by Crippen LogP contribution is 2.29. The molecule has 222 valence electrons. The third-order valence-electron chi connectivity index (χ3n) is 7.31. The standard InChI is InChI=1S/C32H54N2O5/c1-5-6-7-8-9-10-11-12-13-14-22-38-29(25-35)24-33-30(36)28-17-15-16-27(23-28)26-18-20-34(21-19-26)31(37)39-32(2,3)4/h15-17,23,26,29,35H,5-14,18-22,24-25H2,1-4H3,(H,33,36)/t29-/m0/s1. The lowest BCUT2D eigenvalue weighted by molar-refractivity contribution is 0.0121. The first-order valence-corrected chi connectivity index (χ1v) is 15.3. The van der Waals surface area contributed by atoms with Gasteiger partial charge in [0.05, 0.1) is 12.7 Å². The van der Waals surface area contributed by atoms with Gasteiger partial charge in [0.15, 0.2) is 0 Å². The Balaban J connectivity index is 1.66. The molecule has 1 saturated heterocycles. The van der Waals surface area contributed by atoms with Gasteiger partial charge in [-0.25, -0.2) is 4.79 Å². The molecule has 1 atom stereocenters. The zero-order valence-corrected chi connectivity index (χ0v) is 25.0. The van der Waals surface area contributed by atoms with Crippen LogP contribution in [0.4, 0.5) is 4.79 Å². The van der Waals surface area contributed by atoms with Crippen molar-refractivity contribution in [2.24, 2.45) is 0 Å². The molecule has 1 aromatic rings. The number of ether oxygens (including phenoxy) is 2. The second-order valence-electron chi connectivity index (χ2n) is 11.9. The summed E-state index contributed by atoms with van der Waals surface area (Å²) in [5.41, 5.74) is 1.22. The Morgan fingerprint density at radius 1 is 1.00 bits per heavy atom. The molecule has 0 unspecified atom stereocenters. The van der Waals surface area contributed by atoms with Gasteiger partial charge < -0.3 is 24.8 Å². The molecule has 0 radical (unpaired) electrons. The van der Waals surface area contributed by atoms with E-state index in [-0.39, 0.29) is 25.2 Å². The van der Waals surface area contributed by atoms with Gasteiger partial charge in [-0.1, -0.05) is 76.8 Å². The molecule has 2 N–H and O–H groups in total. The van der Waals surface area contributed by atoms with Crippen molar-refractivity contribution in [1.82, 2.24) is 10.2 Å². The molecule has 39 heavy (non-hydrogen) atoms. The van der Waals surface area contributed by atoms with Crippen LogP contribution in [0.2, 0.25) is 0 Å². The smallest absolute Gasteiger partial charge is 0.410 e. The van der Waals surface area contributed by atoms with Crippen LogP contribution in [-0.2, 0) is 9.47 Å². The van der Waals surface area contributed by atoms with E-state index in [9.17, 15) is 14.7 Å². The Morgan fingerprint density at radius 3 is 2.21 bits per heavy atom. The SMILES string of the molecule is CCCCCCCCCCCCO[C@H](CO)CNC(=O)c1cccc(C2CCN(C(=O)OC(C)(C)C)CC2)c1. The summed E-state index contributed by atoms with van der Waals surface area (Å²) in [5.74, 6) is 0.134. The molecule has 0 saturated carbocycles. The summed E-state index contributed by atoms with van der Waals surface area (Å²) in [5, 5.41) is 12.6. The van der Waals surface area contributed by atoms with E-state index in [4.69, 9.17) is 9.47 Å². The van der Waals surface area contributed by atoms with Gasteiger partial charge in [0.2, 0.25) is 0 Å². The molecule has 7 nitrogen and oxygen atoms in total. The molecule has 0 spiro atoms. The van der Waals surface area contributed by atoms with Crippen LogP contribution in [0.25, 0.3) is 0 Å². The lowest BCUT2D eigenvalue weighted by Crippen LogP contribution is -2.41. The lowest BCUT2D eigenvalue weighted by Gasteiger charge is -2.33. The summed E-state index contributed by atoms with van der Waals surface area (Å²) in [6.07, 6.45) is 13.7. The predicted molar refractivity (Wildman–Crippen MR) is 157 cm³/mol. The third-order valence-corrected chi connectivity index (χ3v) is 7.31. The molecule has 1 aromatic carbocycles. The molecule has 2 amide bonds. The van der Waals surface area contributed by atoms with Crippen molar-refractivity contribution in [3.63, 3.8) is 0 Å². The van der Waals surface area contributed by atoms with Crippen LogP contribution in [0.3, 0.4) is 0 Å². The average molecular weight is 547 g/mol. The molecule has 1 fully saturated rings. The van der Waals surface area contributed by atoms with Gasteiger partial charge in [-0.3, -0.25) is 4.79 Å². The number of carbonyl (C=O) groups excluding carboxylic acids is 2. The second-order valence-corrected chi connectivity index (χ2v) is 11.9. The van der Waals surface area contributed by atoms with Gasteiger partial charge in [0, 0.05) is 31.8 Å². The van der Waals surface area contributed by atoms with Gasteiger partial charge in [0.1, 0.15) is 5.60 Å². The minimum absolute atomic E-state index is 0.117. The van der Waals surface area contributed by atoms with E-state index in [1.54, 1.807) is 4.90 Å². The van der Waals surface area contributed by atoms with Crippen LogP contribution < -0.4 is 5.32 Å². The van der Waals surface area contributed by atoms with Crippen LogP contribution in [0.1, 0.15) is 127 Å². The number of benzene rings is 1. The molecule has 0 aliphatic carbocycles. The number of nitrogens with zero attached hydrogens (tertiary/aromatic N) is 1. The number of rotatable bonds is 17. The maximum absolute atomic E-state index is 12.8. The minimum atomic E-state index is -0.497. The van der Waals surface area contributed by atoms with E-state index >= 15 is 0 Å². The molecule has 1 heterocycles. The quantitative estimate of drug-likeness (QED) is 0.209. The van der Waals surface area contributed by atoms with Crippen molar-refractivity contribution in [3.05, 3.63) is 35.4 Å². The number of amides is 2. The topological polar surface area (TPSA) is 88.1 Å². The summed E-state index contributed by atoms with van der Waals surface area (Å²) in [4.78, 5) is 26.9. The van der Waals surface area contributed by atoms with Crippen molar-refractivity contribution >= 4 is 12.0 Å². The summed E-state index contributed by atoms with van der Waals surface area (Å²) >= 11 is 0. The van der Waals surface area contributed by atoms with Gasteiger partial charge in [-0.15, -0.1) is 0 Å². The number of hydrogen-bond acceptors (Lipinski definition) is 5. The number of aliphatic hydroxyl groups is 1. The Morgan fingerprint density at radius 2 is 1.62 bits per heavy atom. The van der Waals surface area contributed by atoms with Crippen molar-refractivity contribution in [2.45, 2.75) is 122 Å². The van der Waals surface area contributed by atoms with Crippen LogP contribution in [-0.4, -0.2) is 66.6 Å². The number of hydrogen-bond donors (Lipinski definition) is 2. The second kappa shape index (κ2) is 18.3. The number of nitrogens with one attached hydrogen (secondary N) is 1. The van der Waals surface area contributed by atoms with E-state index in [1.807, 2.05) is 39.0 Å². The maximum Gasteiger partial charge on any atom is 0.410 e. The highest BCUT2D eigenvalue weighted by molar-refractivity contribution is 5.94. The van der Waals surface area contributed by atoms with Crippen LogP contribution in [0.5, 0.6) is 0 Å². The predicted octanol–water partition coefficient (Wildman–Crippen LogP) is 6.83. The normalized spacial score (nSPS) is 15.3. The zero-order valence-electron chi connectivity index (χ0n) is 25.0. The maximum atomic E-state index is 12.8. The Bertz CT molecular complexity index is 830. The summed E-state index contributed by atoms with van der Waals surface area (Å²) in [6.45, 7) is 9.94. The van der Waals surface area contributed by atoms with Crippen molar-refractivity contribution in [1.29, 1.82) is 0 Å². The number of carbonyl (C=O) groups is 2. The molecule has 0 bridgehead atoms. The Kier molecular flexibility index (Phi) is 15.5. The molecule has 0 aromatic heterocycles. The molecule has 1 aliphatic heterocycles. The molecule has 2 rings (SSSR count). The average Bonchev–Trinajstić information content (AvgIpc) is 2.92. The minimum Gasteiger partial charge on any atom is -0.444 e. The largest absolute Gasteiger partial charge is 0.444 e. The number of unbranched alkanes of at least 4 members (excludes halogenated alkanes) is 9. The van der Waals surface area contributed by atoms with E-state index in [0.717, 1.165) is 31.2 Å².